The largest absolute Gasteiger partial charge is 0.394 e. The van der Waals surface area contributed by atoms with Gasteiger partial charge in [0.1, 0.15) is 0 Å². The summed E-state index contributed by atoms with van der Waals surface area (Å²) in [4.78, 5) is 12.6. The van der Waals surface area contributed by atoms with Gasteiger partial charge in [-0.2, -0.15) is 0 Å². The van der Waals surface area contributed by atoms with Crippen molar-refractivity contribution in [2.75, 3.05) is 6.61 Å². The maximum absolute atomic E-state index is 12.6. The van der Waals surface area contributed by atoms with Gasteiger partial charge in [-0.25, -0.2) is 0 Å². The number of carbonyl (C=O) groups is 1. The first-order chi connectivity index (χ1) is 35.0. The molecular formula is C66H131NO4. The Kier molecular flexibility index (Phi) is 60.8. The molecule has 5 nitrogen and oxygen atoms in total. The van der Waals surface area contributed by atoms with Crippen LogP contribution in [-0.2, 0) is 4.79 Å². The van der Waals surface area contributed by atoms with E-state index < -0.39 is 18.2 Å². The first kappa shape index (κ1) is 70.1. The van der Waals surface area contributed by atoms with Gasteiger partial charge in [0.05, 0.1) is 31.3 Å². The molecule has 0 aliphatic carbocycles. The standard InChI is InChI=1S/C66H131NO4/c1-3-5-7-9-11-13-15-17-19-21-23-25-27-29-30-31-32-33-34-36-37-39-41-43-45-47-49-51-53-55-57-59-63(69)61-66(71)67-64(62-68)65(70)60-58-56-54-52-50-48-46-44-42-40-38-35-28-26-24-22-20-18-16-14-12-10-8-6-4-2/h29-30,63-65,68-70H,3-28,31-62H2,1-2H3,(H,67,71)/b30-29-. The van der Waals surface area contributed by atoms with Gasteiger partial charge < -0.3 is 20.6 Å². The number of rotatable bonds is 62. The molecule has 0 spiro atoms. The van der Waals surface area contributed by atoms with Gasteiger partial charge in [-0.05, 0) is 38.5 Å². The lowest BCUT2D eigenvalue weighted by Crippen LogP contribution is -2.46. The topological polar surface area (TPSA) is 89.8 Å². The number of allylic oxidation sites excluding steroid dienone is 2. The molecule has 0 saturated carbocycles. The Morgan fingerprint density at radius 2 is 0.563 bits per heavy atom. The van der Waals surface area contributed by atoms with Crippen molar-refractivity contribution in [3.63, 3.8) is 0 Å². The van der Waals surface area contributed by atoms with Crippen LogP contribution < -0.4 is 5.32 Å². The Hall–Kier alpha value is -0.910. The molecule has 424 valence electrons. The number of hydrogen-bond donors (Lipinski definition) is 4. The van der Waals surface area contributed by atoms with Gasteiger partial charge >= 0.3 is 0 Å². The second-order valence-electron chi connectivity index (χ2n) is 23.1. The molecule has 1 amide bonds. The molecule has 3 atom stereocenters. The number of aliphatic hydroxyl groups excluding tert-OH is 3. The highest BCUT2D eigenvalue weighted by Gasteiger charge is 2.21. The summed E-state index contributed by atoms with van der Waals surface area (Å²) >= 11 is 0. The van der Waals surface area contributed by atoms with Crippen LogP contribution in [0.2, 0.25) is 0 Å². The van der Waals surface area contributed by atoms with Gasteiger partial charge in [0.2, 0.25) is 5.91 Å². The van der Waals surface area contributed by atoms with Gasteiger partial charge in [-0.1, -0.05) is 347 Å². The quantitative estimate of drug-likeness (QED) is 0.0361. The molecule has 0 fully saturated rings. The fourth-order valence-electron chi connectivity index (χ4n) is 10.8. The maximum atomic E-state index is 12.6. The van der Waals surface area contributed by atoms with Crippen molar-refractivity contribution in [1.82, 2.24) is 5.32 Å². The van der Waals surface area contributed by atoms with Crippen LogP contribution in [0.5, 0.6) is 0 Å². The molecule has 0 aliphatic rings. The molecule has 0 aromatic heterocycles. The highest BCUT2D eigenvalue weighted by Crippen LogP contribution is 2.19. The minimum atomic E-state index is -0.748. The fraction of sp³-hybridized carbons (Fsp3) is 0.955. The summed E-state index contributed by atoms with van der Waals surface area (Å²) in [5.74, 6) is -0.274. The highest BCUT2D eigenvalue weighted by molar-refractivity contribution is 5.76. The summed E-state index contributed by atoms with van der Waals surface area (Å²) in [5.41, 5.74) is 0. The van der Waals surface area contributed by atoms with E-state index >= 15 is 0 Å². The third kappa shape index (κ3) is 58.2. The van der Waals surface area contributed by atoms with E-state index in [0.29, 0.717) is 12.8 Å². The van der Waals surface area contributed by atoms with E-state index in [1.54, 1.807) is 0 Å². The lowest BCUT2D eigenvalue weighted by Gasteiger charge is -2.23. The van der Waals surface area contributed by atoms with Gasteiger partial charge in [-0.15, -0.1) is 0 Å². The summed E-state index contributed by atoms with van der Waals surface area (Å²) in [6.07, 6.45) is 78.4. The van der Waals surface area contributed by atoms with Crippen LogP contribution in [0.3, 0.4) is 0 Å². The average Bonchev–Trinajstić information content (AvgIpc) is 3.37. The van der Waals surface area contributed by atoms with E-state index in [1.807, 2.05) is 0 Å². The van der Waals surface area contributed by atoms with E-state index in [-0.39, 0.29) is 18.9 Å². The molecule has 71 heavy (non-hydrogen) atoms. The second-order valence-corrected chi connectivity index (χ2v) is 23.1. The van der Waals surface area contributed by atoms with Crippen LogP contribution in [0.15, 0.2) is 12.2 Å². The summed E-state index contributed by atoms with van der Waals surface area (Å²) in [6.45, 7) is 4.32. The van der Waals surface area contributed by atoms with Crippen LogP contribution >= 0.6 is 0 Å². The minimum Gasteiger partial charge on any atom is -0.394 e. The lowest BCUT2D eigenvalue weighted by molar-refractivity contribution is -0.125. The SMILES string of the molecule is CCCCCCCCCCCCCC/C=C\CCCCCCCCCCCCCCCCCC(O)CC(=O)NC(CO)C(O)CCCCCCCCCCCCCCCCCCCCCCCCCCC. The van der Waals surface area contributed by atoms with Crippen LogP contribution in [0, 0.1) is 0 Å². The van der Waals surface area contributed by atoms with Crippen molar-refractivity contribution in [2.24, 2.45) is 0 Å². The molecule has 4 N–H and O–H groups in total. The van der Waals surface area contributed by atoms with Crippen molar-refractivity contribution in [1.29, 1.82) is 0 Å². The normalized spacial score (nSPS) is 13.1. The molecular weight excluding hydrogens is 871 g/mol. The van der Waals surface area contributed by atoms with E-state index in [0.717, 1.165) is 25.7 Å². The molecule has 5 heteroatoms. The Morgan fingerprint density at radius 3 is 0.817 bits per heavy atom. The Bertz CT molecular complexity index is 1020. The molecule has 0 aromatic rings. The van der Waals surface area contributed by atoms with Crippen LogP contribution in [0.1, 0.15) is 380 Å². The molecule has 0 radical (unpaired) electrons. The van der Waals surface area contributed by atoms with Gasteiger partial charge in [-0.3, -0.25) is 4.79 Å². The predicted octanol–water partition coefficient (Wildman–Crippen LogP) is 21.0. The number of unbranched alkanes of at least 4 members (excludes halogenated alkanes) is 51. The molecule has 0 aliphatic heterocycles. The van der Waals surface area contributed by atoms with Crippen molar-refractivity contribution in [3.05, 3.63) is 12.2 Å². The lowest BCUT2D eigenvalue weighted by atomic mass is 10.0. The van der Waals surface area contributed by atoms with Crippen molar-refractivity contribution < 1.29 is 20.1 Å². The first-order valence-corrected chi connectivity index (χ1v) is 33.0. The third-order valence-corrected chi connectivity index (χ3v) is 15.8. The van der Waals surface area contributed by atoms with E-state index in [9.17, 15) is 20.1 Å². The van der Waals surface area contributed by atoms with Crippen molar-refractivity contribution >= 4 is 5.91 Å². The third-order valence-electron chi connectivity index (χ3n) is 15.8. The van der Waals surface area contributed by atoms with Crippen LogP contribution in [-0.4, -0.2) is 46.1 Å². The number of amides is 1. The minimum absolute atomic E-state index is 0.0416. The monoisotopic (exact) mass is 1000 g/mol. The number of hydrogen-bond acceptors (Lipinski definition) is 4. The van der Waals surface area contributed by atoms with Crippen molar-refractivity contribution in [3.8, 4) is 0 Å². The molecule has 0 rings (SSSR count). The zero-order chi connectivity index (χ0) is 51.4. The fourth-order valence-corrected chi connectivity index (χ4v) is 10.8. The highest BCUT2D eigenvalue weighted by atomic mass is 16.3. The van der Waals surface area contributed by atoms with Gasteiger partial charge in [0.15, 0.2) is 0 Å². The van der Waals surface area contributed by atoms with Gasteiger partial charge in [0.25, 0.3) is 0 Å². The number of aliphatic hydroxyl groups is 3. The first-order valence-electron chi connectivity index (χ1n) is 33.0. The molecule has 0 heterocycles. The van der Waals surface area contributed by atoms with E-state index in [4.69, 9.17) is 0 Å². The second kappa shape index (κ2) is 61.6. The summed E-state index contributed by atoms with van der Waals surface area (Å²) in [6, 6.07) is -0.657. The number of carbonyl (C=O) groups excluding carboxylic acids is 1. The van der Waals surface area contributed by atoms with Crippen LogP contribution in [0.4, 0.5) is 0 Å². The summed E-state index contributed by atoms with van der Waals surface area (Å²) in [5, 5.41) is 33.8. The summed E-state index contributed by atoms with van der Waals surface area (Å²) < 4.78 is 0. The molecule has 0 aromatic carbocycles. The molecule has 0 bridgehead atoms. The van der Waals surface area contributed by atoms with Crippen molar-refractivity contribution in [2.45, 2.75) is 398 Å². The molecule has 0 saturated heterocycles. The smallest absolute Gasteiger partial charge is 0.222 e. The zero-order valence-electron chi connectivity index (χ0n) is 48.6. The average molecular weight is 1000 g/mol. The Morgan fingerprint density at radius 1 is 0.338 bits per heavy atom. The van der Waals surface area contributed by atoms with E-state index in [1.165, 1.54) is 321 Å². The van der Waals surface area contributed by atoms with Crippen LogP contribution in [0.25, 0.3) is 0 Å². The summed E-state index contributed by atoms with van der Waals surface area (Å²) in [7, 11) is 0. The number of nitrogens with one attached hydrogen (secondary N) is 1. The van der Waals surface area contributed by atoms with E-state index in [2.05, 4.69) is 31.3 Å². The predicted molar refractivity (Wildman–Crippen MR) is 315 cm³/mol. The molecule has 3 unspecified atom stereocenters. The van der Waals surface area contributed by atoms with Gasteiger partial charge in [0, 0.05) is 0 Å². The maximum Gasteiger partial charge on any atom is 0.222 e. The Labute approximate surface area is 446 Å². The zero-order valence-corrected chi connectivity index (χ0v) is 48.6. The Balaban J connectivity index is 3.46.